The molecule has 0 spiro atoms. The second-order valence-corrected chi connectivity index (χ2v) is 8.05. The number of benzene rings is 3. The molecule has 0 aliphatic carbocycles. The molecule has 4 rings (SSSR count). The minimum Gasteiger partial charge on any atom is -0.143 e. The molecule has 1 heteroatoms. The van der Waals surface area contributed by atoms with Gasteiger partial charge in [0.15, 0.2) is 0 Å². The minimum absolute atomic E-state index is 0.194. The average Bonchev–Trinajstić information content (AvgIpc) is 3.03. The van der Waals surface area contributed by atoms with Gasteiger partial charge in [0.25, 0.3) is 0 Å². The van der Waals surface area contributed by atoms with E-state index in [-0.39, 0.29) is 5.41 Å². The molecule has 0 N–H and O–H groups in total. The first-order valence-electron chi connectivity index (χ1n) is 8.04. The van der Waals surface area contributed by atoms with Crippen LogP contribution in [0, 0.1) is 0 Å². The first kappa shape index (κ1) is 14.5. The fraction of sp³-hybridized carbons (Fsp3) is 0.182. The van der Waals surface area contributed by atoms with Crippen molar-refractivity contribution in [1.29, 1.82) is 0 Å². The Labute approximate surface area is 141 Å². The topological polar surface area (TPSA) is 0 Å². The van der Waals surface area contributed by atoms with Crippen molar-refractivity contribution in [2.45, 2.75) is 26.2 Å². The van der Waals surface area contributed by atoms with Crippen molar-refractivity contribution in [3.63, 3.8) is 0 Å². The molecule has 23 heavy (non-hydrogen) atoms. The lowest BCUT2D eigenvalue weighted by Crippen LogP contribution is -2.10. The molecule has 0 amide bonds. The summed E-state index contributed by atoms with van der Waals surface area (Å²) in [5.74, 6) is 0. The van der Waals surface area contributed by atoms with E-state index >= 15 is 0 Å². The fourth-order valence-electron chi connectivity index (χ4n) is 3.18. The molecule has 3 aromatic carbocycles. The molecular formula is C22H20S. The highest BCUT2D eigenvalue weighted by Crippen LogP contribution is 2.38. The highest BCUT2D eigenvalue weighted by atomic mass is 32.1. The van der Waals surface area contributed by atoms with Crippen molar-refractivity contribution in [2.75, 3.05) is 0 Å². The van der Waals surface area contributed by atoms with Gasteiger partial charge in [-0.3, -0.25) is 0 Å². The summed E-state index contributed by atoms with van der Waals surface area (Å²) in [6, 6.07) is 22.3. The molecule has 0 bridgehead atoms. The first-order valence-corrected chi connectivity index (χ1v) is 8.92. The van der Waals surface area contributed by atoms with Crippen molar-refractivity contribution in [1.82, 2.24) is 0 Å². The molecule has 114 valence electrons. The molecule has 0 unspecified atom stereocenters. The van der Waals surface area contributed by atoms with E-state index in [9.17, 15) is 0 Å². The lowest BCUT2D eigenvalue weighted by molar-refractivity contribution is 0.590. The Balaban J connectivity index is 1.95. The molecule has 0 nitrogen and oxygen atoms in total. The summed E-state index contributed by atoms with van der Waals surface area (Å²) < 4.78 is 1.39. The van der Waals surface area contributed by atoms with Crippen molar-refractivity contribution in [3.05, 3.63) is 71.6 Å². The van der Waals surface area contributed by atoms with E-state index in [2.05, 4.69) is 86.8 Å². The van der Waals surface area contributed by atoms with Gasteiger partial charge in [0.2, 0.25) is 0 Å². The molecule has 4 aromatic rings. The van der Waals surface area contributed by atoms with Crippen LogP contribution in [0.1, 0.15) is 26.3 Å². The van der Waals surface area contributed by atoms with Crippen LogP contribution < -0.4 is 0 Å². The Hall–Kier alpha value is -2.12. The molecule has 0 radical (unpaired) electrons. The number of hydrogen-bond acceptors (Lipinski definition) is 1. The Morgan fingerprint density at radius 3 is 2.26 bits per heavy atom. The van der Waals surface area contributed by atoms with Gasteiger partial charge >= 0.3 is 0 Å². The summed E-state index contributed by atoms with van der Waals surface area (Å²) in [7, 11) is 0. The highest BCUT2D eigenvalue weighted by Gasteiger charge is 2.14. The molecule has 0 saturated heterocycles. The van der Waals surface area contributed by atoms with Crippen LogP contribution in [-0.2, 0) is 5.41 Å². The summed E-state index contributed by atoms with van der Waals surface area (Å²) in [4.78, 5) is 0. The predicted octanol–water partition coefficient (Wildman–Crippen LogP) is 7.02. The standard InChI is InChI=1S/C22H20S/c1-22(2,3)17-10-8-15(9-11-17)20-14-16-6-4-5-7-18(16)21-19(20)12-13-23-21/h4-14H,1-3H3. The van der Waals surface area contributed by atoms with Crippen molar-refractivity contribution in [3.8, 4) is 11.1 Å². The SMILES string of the molecule is CC(C)(C)c1ccc(-c2cc3ccccc3c3sccc23)cc1. The Morgan fingerprint density at radius 1 is 0.783 bits per heavy atom. The van der Waals surface area contributed by atoms with Crippen LogP contribution in [-0.4, -0.2) is 0 Å². The maximum absolute atomic E-state index is 2.33. The third kappa shape index (κ3) is 2.46. The van der Waals surface area contributed by atoms with Crippen LogP contribution in [0.5, 0.6) is 0 Å². The van der Waals surface area contributed by atoms with E-state index in [1.807, 2.05) is 11.3 Å². The molecule has 0 aliphatic heterocycles. The number of thiophene rings is 1. The monoisotopic (exact) mass is 316 g/mol. The normalized spacial score (nSPS) is 12.1. The van der Waals surface area contributed by atoms with Crippen LogP contribution in [0.2, 0.25) is 0 Å². The number of hydrogen-bond donors (Lipinski definition) is 0. The van der Waals surface area contributed by atoms with Crippen LogP contribution in [0.15, 0.2) is 66.0 Å². The molecule has 1 heterocycles. The van der Waals surface area contributed by atoms with Crippen LogP contribution >= 0.6 is 11.3 Å². The molecule has 0 aliphatic rings. The van der Waals surface area contributed by atoms with Gasteiger partial charge in [-0.05, 0) is 50.4 Å². The van der Waals surface area contributed by atoms with Crippen molar-refractivity contribution >= 4 is 32.2 Å². The van der Waals surface area contributed by atoms with Gasteiger partial charge in [-0.15, -0.1) is 11.3 Å². The molecular weight excluding hydrogens is 296 g/mol. The fourth-order valence-corrected chi connectivity index (χ4v) is 4.14. The summed E-state index contributed by atoms with van der Waals surface area (Å²) in [5, 5.41) is 6.23. The molecule has 1 aromatic heterocycles. The van der Waals surface area contributed by atoms with E-state index in [1.54, 1.807) is 0 Å². The van der Waals surface area contributed by atoms with Gasteiger partial charge in [0, 0.05) is 10.1 Å². The minimum atomic E-state index is 0.194. The summed E-state index contributed by atoms with van der Waals surface area (Å²) in [6.45, 7) is 6.78. The predicted molar refractivity (Wildman–Crippen MR) is 103 cm³/mol. The van der Waals surface area contributed by atoms with Gasteiger partial charge in [-0.25, -0.2) is 0 Å². The van der Waals surface area contributed by atoms with Gasteiger partial charge in [-0.1, -0.05) is 69.3 Å². The van der Waals surface area contributed by atoms with Gasteiger partial charge in [-0.2, -0.15) is 0 Å². The third-order valence-electron chi connectivity index (χ3n) is 4.52. The first-order chi connectivity index (χ1) is 11.0. The number of fused-ring (bicyclic) bond motifs is 3. The summed E-state index contributed by atoms with van der Waals surface area (Å²) in [6.07, 6.45) is 0. The largest absolute Gasteiger partial charge is 0.143 e. The van der Waals surface area contributed by atoms with Gasteiger partial charge in [0.1, 0.15) is 0 Å². The van der Waals surface area contributed by atoms with Crippen molar-refractivity contribution < 1.29 is 0 Å². The van der Waals surface area contributed by atoms with Gasteiger partial charge in [0.05, 0.1) is 0 Å². The summed E-state index contributed by atoms with van der Waals surface area (Å²) in [5.41, 5.74) is 4.20. The number of rotatable bonds is 1. The zero-order chi connectivity index (χ0) is 16.0. The van der Waals surface area contributed by atoms with E-state index in [4.69, 9.17) is 0 Å². The highest BCUT2D eigenvalue weighted by molar-refractivity contribution is 7.18. The van der Waals surface area contributed by atoms with Crippen molar-refractivity contribution in [2.24, 2.45) is 0 Å². The Morgan fingerprint density at radius 2 is 1.52 bits per heavy atom. The second-order valence-electron chi connectivity index (χ2n) is 7.14. The average molecular weight is 316 g/mol. The maximum Gasteiger partial charge on any atom is 0.0427 e. The third-order valence-corrected chi connectivity index (χ3v) is 5.47. The second kappa shape index (κ2) is 5.21. The quantitative estimate of drug-likeness (QED) is 0.354. The lowest BCUT2D eigenvalue weighted by Gasteiger charge is -2.19. The lowest BCUT2D eigenvalue weighted by atomic mass is 9.86. The van der Waals surface area contributed by atoms with E-state index in [1.165, 1.54) is 37.5 Å². The maximum atomic E-state index is 2.33. The van der Waals surface area contributed by atoms with E-state index in [0.29, 0.717) is 0 Å². The van der Waals surface area contributed by atoms with E-state index < -0.39 is 0 Å². The zero-order valence-electron chi connectivity index (χ0n) is 13.8. The molecule has 0 atom stereocenters. The zero-order valence-corrected chi connectivity index (χ0v) is 14.6. The molecule has 0 fully saturated rings. The Bertz CT molecular complexity index is 982. The summed E-state index contributed by atoms with van der Waals surface area (Å²) >= 11 is 1.83. The van der Waals surface area contributed by atoms with Crippen LogP contribution in [0.3, 0.4) is 0 Å². The Kier molecular flexibility index (Phi) is 3.28. The van der Waals surface area contributed by atoms with E-state index in [0.717, 1.165) is 0 Å². The van der Waals surface area contributed by atoms with Crippen LogP contribution in [0.25, 0.3) is 32.0 Å². The smallest absolute Gasteiger partial charge is 0.0427 e. The van der Waals surface area contributed by atoms with Gasteiger partial charge < -0.3 is 0 Å². The van der Waals surface area contributed by atoms with Crippen LogP contribution in [0.4, 0.5) is 0 Å². The molecule has 0 saturated carbocycles.